The molecular weight excluding hydrogens is 262 g/mol. The normalized spacial score (nSPS) is 10.2. The SMILES string of the molecule is CCOC(=O)COc1ccc2ccccc2c1[N+](=O)[O-]. The minimum Gasteiger partial charge on any atom is -0.475 e. The molecule has 0 aromatic heterocycles. The molecule has 2 aromatic carbocycles. The van der Waals surface area contributed by atoms with Gasteiger partial charge in [-0.25, -0.2) is 4.79 Å². The largest absolute Gasteiger partial charge is 0.475 e. The first-order chi connectivity index (χ1) is 9.63. The third-order valence-corrected chi connectivity index (χ3v) is 2.70. The second kappa shape index (κ2) is 6.01. The Morgan fingerprint density at radius 1 is 1.25 bits per heavy atom. The third-order valence-electron chi connectivity index (χ3n) is 2.70. The van der Waals surface area contributed by atoms with Gasteiger partial charge in [0.15, 0.2) is 12.4 Å². The van der Waals surface area contributed by atoms with Crippen LogP contribution in [0.1, 0.15) is 6.92 Å². The predicted octanol–water partition coefficient (Wildman–Crippen LogP) is 2.69. The second-order valence-electron chi connectivity index (χ2n) is 3.98. The van der Waals surface area contributed by atoms with Gasteiger partial charge in [-0.2, -0.15) is 0 Å². The van der Waals surface area contributed by atoms with E-state index in [1.54, 1.807) is 37.3 Å². The van der Waals surface area contributed by atoms with Gasteiger partial charge < -0.3 is 9.47 Å². The average molecular weight is 275 g/mol. The zero-order valence-corrected chi connectivity index (χ0v) is 10.9. The summed E-state index contributed by atoms with van der Waals surface area (Å²) in [7, 11) is 0. The van der Waals surface area contributed by atoms with Crippen molar-refractivity contribution in [3.05, 3.63) is 46.5 Å². The number of benzene rings is 2. The number of hydrogen-bond acceptors (Lipinski definition) is 5. The highest BCUT2D eigenvalue weighted by Crippen LogP contribution is 2.34. The molecule has 0 unspecified atom stereocenters. The zero-order valence-electron chi connectivity index (χ0n) is 10.9. The fourth-order valence-electron chi connectivity index (χ4n) is 1.88. The molecule has 0 spiro atoms. The van der Waals surface area contributed by atoms with E-state index in [9.17, 15) is 14.9 Å². The molecule has 20 heavy (non-hydrogen) atoms. The fraction of sp³-hybridized carbons (Fsp3) is 0.214. The van der Waals surface area contributed by atoms with Crippen molar-refractivity contribution in [1.29, 1.82) is 0 Å². The fourth-order valence-corrected chi connectivity index (χ4v) is 1.88. The van der Waals surface area contributed by atoms with E-state index in [4.69, 9.17) is 9.47 Å². The molecule has 0 fully saturated rings. The summed E-state index contributed by atoms with van der Waals surface area (Å²) in [5.41, 5.74) is -0.146. The molecule has 0 N–H and O–H groups in total. The lowest BCUT2D eigenvalue weighted by atomic mass is 10.1. The molecule has 0 bridgehead atoms. The minimum atomic E-state index is -0.560. The lowest BCUT2D eigenvalue weighted by Gasteiger charge is -2.08. The number of rotatable bonds is 5. The number of nitro groups is 1. The summed E-state index contributed by atoms with van der Waals surface area (Å²) in [5.74, 6) is -0.503. The molecule has 0 aliphatic heterocycles. The summed E-state index contributed by atoms with van der Waals surface area (Å²) in [6, 6.07) is 10.1. The predicted molar refractivity (Wildman–Crippen MR) is 72.7 cm³/mol. The van der Waals surface area contributed by atoms with Crippen molar-refractivity contribution >= 4 is 22.4 Å². The quantitative estimate of drug-likeness (QED) is 0.476. The van der Waals surface area contributed by atoms with Gasteiger partial charge in [0, 0.05) is 0 Å². The molecule has 2 aromatic rings. The first-order valence-corrected chi connectivity index (χ1v) is 6.08. The molecule has 6 nitrogen and oxygen atoms in total. The van der Waals surface area contributed by atoms with Crippen LogP contribution in [-0.2, 0) is 9.53 Å². The van der Waals surface area contributed by atoms with Gasteiger partial charge in [-0.3, -0.25) is 10.1 Å². The van der Waals surface area contributed by atoms with Gasteiger partial charge in [0.2, 0.25) is 0 Å². The van der Waals surface area contributed by atoms with Crippen LogP contribution in [0.2, 0.25) is 0 Å². The lowest BCUT2D eigenvalue weighted by molar-refractivity contribution is -0.384. The van der Waals surface area contributed by atoms with Crippen molar-refractivity contribution in [2.45, 2.75) is 6.92 Å². The van der Waals surface area contributed by atoms with E-state index < -0.39 is 10.9 Å². The zero-order chi connectivity index (χ0) is 14.5. The van der Waals surface area contributed by atoms with Crippen LogP contribution in [0.25, 0.3) is 10.8 Å². The Morgan fingerprint density at radius 3 is 2.70 bits per heavy atom. The first-order valence-electron chi connectivity index (χ1n) is 6.08. The van der Waals surface area contributed by atoms with Crippen molar-refractivity contribution in [3.8, 4) is 5.75 Å². The van der Waals surface area contributed by atoms with Gasteiger partial charge in [0.1, 0.15) is 0 Å². The number of fused-ring (bicyclic) bond motifs is 1. The van der Waals surface area contributed by atoms with E-state index in [2.05, 4.69) is 0 Å². The number of carbonyl (C=O) groups excluding carboxylic acids is 1. The Bertz CT molecular complexity index is 653. The monoisotopic (exact) mass is 275 g/mol. The van der Waals surface area contributed by atoms with E-state index >= 15 is 0 Å². The lowest BCUT2D eigenvalue weighted by Crippen LogP contribution is -2.15. The Morgan fingerprint density at radius 2 is 2.00 bits per heavy atom. The van der Waals surface area contributed by atoms with Crippen LogP contribution in [0.3, 0.4) is 0 Å². The van der Waals surface area contributed by atoms with Crippen molar-refractivity contribution in [1.82, 2.24) is 0 Å². The average Bonchev–Trinajstić information content (AvgIpc) is 2.44. The Kier molecular flexibility index (Phi) is 4.14. The number of esters is 1. The number of nitrogens with zero attached hydrogens (tertiary/aromatic N) is 1. The smallest absolute Gasteiger partial charge is 0.344 e. The minimum absolute atomic E-state index is 0.0572. The first kappa shape index (κ1) is 13.8. The summed E-state index contributed by atoms with van der Waals surface area (Å²) in [6.45, 7) is 1.56. The van der Waals surface area contributed by atoms with Crippen LogP contribution in [-0.4, -0.2) is 24.1 Å². The summed E-state index contributed by atoms with van der Waals surface area (Å²) >= 11 is 0. The topological polar surface area (TPSA) is 78.7 Å². The molecule has 2 rings (SSSR count). The van der Waals surface area contributed by atoms with E-state index in [1.807, 2.05) is 0 Å². The van der Waals surface area contributed by atoms with Crippen LogP contribution in [0.4, 0.5) is 5.69 Å². The van der Waals surface area contributed by atoms with Gasteiger partial charge in [-0.1, -0.05) is 24.3 Å². The van der Waals surface area contributed by atoms with Crippen molar-refractivity contribution in [3.63, 3.8) is 0 Å². The van der Waals surface area contributed by atoms with E-state index in [1.165, 1.54) is 6.07 Å². The van der Waals surface area contributed by atoms with Crippen LogP contribution < -0.4 is 4.74 Å². The van der Waals surface area contributed by atoms with Crippen LogP contribution in [0.5, 0.6) is 5.75 Å². The number of carbonyl (C=O) groups is 1. The van der Waals surface area contributed by atoms with Gasteiger partial charge >= 0.3 is 11.7 Å². The van der Waals surface area contributed by atoms with Crippen molar-refractivity contribution in [2.75, 3.05) is 13.2 Å². The van der Waals surface area contributed by atoms with Crippen LogP contribution in [0, 0.1) is 10.1 Å². The summed E-state index contributed by atoms with van der Waals surface area (Å²) in [5, 5.41) is 12.4. The van der Waals surface area contributed by atoms with Crippen molar-refractivity contribution < 1.29 is 19.2 Å². The highest BCUT2D eigenvalue weighted by atomic mass is 16.6. The van der Waals surface area contributed by atoms with E-state index in [0.717, 1.165) is 5.39 Å². The molecule has 0 heterocycles. The number of nitro benzene ring substituents is 1. The molecule has 104 valence electrons. The molecule has 0 saturated heterocycles. The summed E-state index contributed by atoms with van der Waals surface area (Å²) in [4.78, 5) is 21.9. The number of hydrogen-bond donors (Lipinski definition) is 0. The Hall–Kier alpha value is -2.63. The molecule has 0 radical (unpaired) electrons. The maximum Gasteiger partial charge on any atom is 0.344 e. The molecule has 0 saturated carbocycles. The van der Waals surface area contributed by atoms with Gasteiger partial charge in [0.25, 0.3) is 0 Å². The molecule has 0 amide bonds. The molecule has 6 heteroatoms. The maximum atomic E-state index is 11.2. The van der Waals surface area contributed by atoms with Gasteiger partial charge in [-0.15, -0.1) is 0 Å². The molecule has 0 atom stereocenters. The van der Waals surface area contributed by atoms with Crippen LogP contribution in [0.15, 0.2) is 36.4 Å². The highest BCUT2D eigenvalue weighted by molar-refractivity contribution is 5.93. The van der Waals surface area contributed by atoms with Gasteiger partial charge in [0.05, 0.1) is 16.9 Å². The molecular formula is C14H13NO5. The van der Waals surface area contributed by atoms with E-state index in [0.29, 0.717) is 5.39 Å². The molecule has 0 aliphatic rings. The Labute approximate surface area is 115 Å². The number of ether oxygens (including phenoxy) is 2. The highest BCUT2D eigenvalue weighted by Gasteiger charge is 2.20. The Balaban J connectivity index is 2.35. The van der Waals surface area contributed by atoms with Crippen LogP contribution >= 0.6 is 0 Å². The molecule has 0 aliphatic carbocycles. The standard InChI is InChI=1S/C14H13NO5/c1-2-19-13(16)9-20-12-8-7-10-5-3-4-6-11(10)14(12)15(17)18/h3-8H,2,9H2,1H3. The maximum absolute atomic E-state index is 11.2. The summed E-state index contributed by atoms with van der Waals surface area (Å²) in [6.07, 6.45) is 0. The van der Waals surface area contributed by atoms with Gasteiger partial charge in [-0.05, 0) is 24.4 Å². The van der Waals surface area contributed by atoms with E-state index in [-0.39, 0.29) is 24.7 Å². The summed E-state index contributed by atoms with van der Waals surface area (Å²) < 4.78 is 9.92. The third kappa shape index (κ3) is 2.85. The van der Waals surface area contributed by atoms with Crippen molar-refractivity contribution in [2.24, 2.45) is 0 Å². The second-order valence-corrected chi connectivity index (χ2v) is 3.98.